The zero-order valence-corrected chi connectivity index (χ0v) is 23.2. The van der Waals surface area contributed by atoms with Gasteiger partial charge in [-0.2, -0.15) is 0 Å². The van der Waals surface area contributed by atoms with Gasteiger partial charge in [-0.05, 0) is 49.6 Å². The van der Waals surface area contributed by atoms with Crippen LogP contribution in [0.4, 0.5) is 0 Å². The average Bonchev–Trinajstić information content (AvgIpc) is 2.91. The summed E-state index contributed by atoms with van der Waals surface area (Å²) in [7, 11) is 1.23. The van der Waals surface area contributed by atoms with Crippen LogP contribution in [0.15, 0.2) is 48.5 Å². The van der Waals surface area contributed by atoms with Gasteiger partial charge in [0.1, 0.15) is 11.6 Å². The third-order valence-corrected chi connectivity index (χ3v) is 6.01. The molecule has 9 heteroatoms. The molecule has 0 aliphatic heterocycles. The highest BCUT2D eigenvalue weighted by molar-refractivity contribution is 5.89. The van der Waals surface area contributed by atoms with Crippen LogP contribution in [-0.2, 0) is 30.3 Å². The summed E-state index contributed by atoms with van der Waals surface area (Å²) in [4.78, 5) is 49.9. The molecule has 0 saturated carbocycles. The van der Waals surface area contributed by atoms with E-state index in [4.69, 9.17) is 24.7 Å². The third kappa shape index (κ3) is 10.2. The van der Waals surface area contributed by atoms with Gasteiger partial charge in [0, 0.05) is 25.7 Å². The normalized spacial score (nSPS) is 13.1. The van der Waals surface area contributed by atoms with E-state index >= 15 is 0 Å². The SMILES string of the molecule is CCCCC(=O)Oc1ccc(CC(N)(C[C@H](C)OC(=O)c2ccccc2)C(=O)OC)cc1OC(=O)CCCC. The number of unbranched alkanes of at least 4 members (excludes halogenated alkanes) is 2. The van der Waals surface area contributed by atoms with Crippen LogP contribution in [0.2, 0.25) is 0 Å². The fraction of sp³-hybridized carbons (Fsp3) is 0.467. The van der Waals surface area contributed by atoms with Crippen molar-refractivity contribution in [3.05, 3.63) is 59.7 Å². The van der Waals surface area contributed by atoms with E-state index in [9.17, 15) is 19.2 Å². The Morgan fingerprint density at radius 3 is 2.03 bits per heavy atom. The lowest BCUT2D eigenvalue weighted by atomic mass is 9.86. The number of ether oxygens (including phenoxy) is 4. The number of rotatable bonds is 15. The Hall–Kier alpha value is -3.72. The topological polar surface area (TPSA) is 131 Å². The Labute approximate surface area is 229 Å². The van der Waals surface area contributed by atoms with Crippen molar-refractivity contribution in [1.29, 1.82) is 0 Å². The number of benzene rings is 2. The summed E-state index contributed by atoms with van der Waals surface area (Å²) in [5.41, 5.74) is 5.89. The first-order valence-electron chi connectivity index (χ1n) is 13.3. The highest BCUT2D eigenvalue weighted by Crippen LogP contribution is 2.32. The molecule has 212 valence electrons. The van der Waals surface area contributed by atoms with E-state index in [0.717, 1.165) is 12.8 Å². The maximum Gasteiger partial charge on any atom is 0.338 e. The van der Waals surface area contributed by atoms with Gasteiger partial charge in [0.25, 0.3) is 0 Å². The van der Waals surface area contributed by atoms with E-state index in [0.29, 0.717) is 24.0 Å². The molecule has 0 heterocycles. The Morgan fingerprint density at radius 1 is 0.872 bits per heavy atom. The van der Waals surface area contributed by atoms with Crippen molar-refractivity contribution in [1.82, 2.24) is 0 Å². The summed E-state index contributed by atoms with van der Waals surface area (Å²) in [5, 5.41) is 0. The fourth-order valence-electron chi connectivity index (χ4n) is 3.99. The Morgan fingerprint density at radius 2 is 1.46 bits per heavy atom. The first-order chi connectivity index (χ1) is 18.6. The fourth-order valence-corrected chi connectivity index (χ4v) is 3.99. The number of methoxy groups -OCH3 is 1. The van der Waals surface area contributed by atoms with E-state index in [1.165, 1.54) is 19.2 Å². The van der Waals surface area contributed by atoms with Gasteiger partial charge in [-0.3, -0.25) is 14.4 Å². The van der Waals surface area contributed by atoms with E-state index < -0.39 is 35.5 Å². The number of carbonyl (C=O) groups is 4. The largest absolute Gasteiger partial charge is 0.468 e. The van der Waals surface area contributed by atoms with Gasteiger partial charge in [0.05, 0.1) is 12.7 Å². The van der Waals surface area contributed by atoms with Crippen LogP contribution in [-0.4, -0.2) is 42.6 Å². The van der Waals surface area contributed by atoms with Gasteiger partial charge < -0.3 is 24.7 Å². The minimum atomic E-state index is -1.56. The molecular formula is C30H39NO8. The molecule has 0 aliphatic rings. The van der Waals surface area contributed by atoms with Gasteiger partial charge >= 0.3 is 23.9 Å². The second-order valence-electron chi connectivity index (χ2n) is 9.55. The van der Waals surface area contributed by atoms with Crippen molar-refractivity contribution >= 4 is 23.9 Å². The van der Waals surface area contributed by atoms with Crippen molar-refractivity contribution in [3.63, 3.8) is 0 Å². The van der Waals surface area contributed by atoms with E-state index in [-0.39, 0.29) is 37.2 Å². The highest BCUT2D eigenvalue weighted by atomic mass is 16.6. The molecule has 0 amide bonds. The molecule has 2 atom stereocenters. The molecule has 2 aromatic rings. The summed E-state index contributed by atoms with van der Waals surface area (Å²) in [6, 6.07) is 13.2. The van der Waals surface area contributed by atoms with Crippen LogP contribution in [0.5, 0.6) is 11.5 Å². The van der Waals surface area contributed by atoms with Crippen LogP contribution in [0, 0.1) is 0 Å². The number of hydrogen-bond acceptors (Lipinski definition) is 9. The molecule has 0 saturated heterocycles. The molecule has 1 unspecified atom stereocenters. The quantitative estimate of drug-likeness (QED) is 0.246. The maximum atomic E-state index is 12.8. The Balaban J connectivity index is 2.27. The molecule has 0 spiro atoms. The predicted molar refractivity (Wildman–Crippen MR) is 145 cm³/mol. The van der Waals surface area contributed by atoms with Crippen LogP contribution in [0.25, 0.3) is 0 Å². The zero-order valence-electron chi connectivity index (χ0n) is 23.2. The van der Waals surface area contributed by atoms with Crippen molar-refractivity contribution in [2.75, 3.05) is 7.11 Å². The molecule has 39 heavy (non-hydrogen) atoms. The van der Waals surface area contributed by atoms with Crippen molar-refractivity contribution in [2.45, 2.75) is 83.8 Å². The highest BCUT2D eigenvalue weighted by Gasteiger charge is 2.38. The zero-order chi connectivity index (χ0) is 28.8. The molecule has 2 N–H and O–H groups in total. The summed E-state index contributed by atoms with van der Waals surface area (Å²) in [6.07, 6.45) is 2.64. The van der Waals surface area contributed by atoms with Gasteiger partial charge in [-0.15, -0.1) is 0 Å². The minimum absolute atomic E-state index is 0.0174. The van der Waals surface area contributed by atoms with Crippen LogP contribution in [0.1, 0.15) is 81.6 Å². The maximum absolute atomic E-state index is 12.8. The van der Waals surface area contributed by atoms with Crippen LogP contribution < -0.4 is 15.2 Å². The van der Waals surface area contributed by atoms with Crippen LogP contribution in [0.3, 0.4) is 0 Å². The first-order valence-corrected chi connectivity index (χ1v) is 13.3. The van der Waals surface area contributed by atoms with Crippen molar-refractivity contribution < 1.29 is 38.1 Å². The Kier molecular flexibility index (Phi) is 12.6. The smallest absolute Gasteiger partial charge is 0.338 e. The van der Waals surface area contributed by atoms with Crippen molar-refractivity contribution in [2.24, 2.45) is 5.73 Å². The number of nitrogens with two attached hydrogens (primary N) is 1. The van der Waals surface area contributed by atoms with E-state index in [2.05, 4.69) is 0 Å². The second kappa shape index (κ2) is 15.6. The van der Waals surface area contributed by atoms with Gasteiger partial charge in [-0.1, -0.05) is 51.0 Å². The predicted octanol–water partition coefficient (Wildman–Crippen LogP) is 4.93. The lowest BCUT2D eigenvalue weighted by molar-refractivity contribution is -0.148. The molecule has 2 aromatic carbocycles. The number of esters is 4. The van der Waals surface area contributed by atoms with E-state index in [1.807, 2.05) is 13.8 Å². The molecule has 0 fully saturated rings. The van der Waals surface area contributed by atoms with E-state index in [1.54, 1.807) is 43.3 Å². The standard InChI is InChI=1S/C30H39NO8/c1-5-7-14-26(32)38-24-17-16-22(18-25(24)39-27(33)15-8-6-2)20-30(31,29(35)36-4)19-21(3)37-28(34)23-12-10-9-11-13-23/h9-13,16-18,21H,5-8,14-15,19-20,31H2,1-4H3/t21-,30?/m0/s1. The van der Waals surface area contributed by atoms with Crippen molar-refractivity contribution in [3.8, 4) is 11.5 Å². The molecule has 0 aliphatic carbocycles. The van der Waals surface area contributed by atoms with Gasteiger partial charge in [0.15, 0.2) is 11.5 Å². The summed E-state index contributed by atoms with van der Waals surface area (Å²) in [5.74, 6) is -1.96. The van der Waals surface area contributed by atoms with Gasteiger partial charge in [-0.25, -0.2) is 4.79 Å². The summed E-state index contributed by atoms with van der Waals surface area (Å²) >= 11 is 0. The number of hydrogen-bond donors (Lipinski definition) is 1. The summed E-state index contributed by atoms with van der Waals surface area (Å²) in [6.45, 7) is 5.57. The minimum Gasteiger partial charge on any atom is -0.468 e. The first kappa shape index (κ1) is 31.5. The summed E-state index contributed by atoms with van der Waals surface area (Å²) < 4.78 is 21.5. The second-order valence-corrected chi connectivity index (χ2v) is 9.55. The molecule has 9 nitrogen and oxygen atoms in total. The van der Waals surface area contributed by atoms with Crippen LogP contribution >= 0.6 is 0 Å². The molecular weight excluding hydrogens is 502 g/mol. The Bertz CT molecular complexity index is 1120. The third-order valence-electron chi connectivity index (χ3n) is 6.01. The monoisotopic (exact) mass is 541 g/mol. The molecule has 0 bridgehead atoms. The lowest BCUT2D eigenvalue weighted by Gasteiger charge is -2.29. The average molecular weight is 542 g/mol. The molecule has 0 aromatic heterocycles. The van der Waals surface area contributed by atoms with Gasteiger partial charge in [0.2, 0.25) is 0 Å². The lowest BCUT2D eigenvalue weighted by Crippen LogP contribution is -2.53. The molecule has 2 rings (SSSR count). The number of carbonyl (C=O) groups excluding carboxylic acids is 4. The molecule has 0 radical (unpaired) electrons.